The van der Waals surface area contributed by atoms with Crippen LogP contribution >= 0.6 is 0 Å². The molecule has 8 nitrogen and oxygen atoms in total. The number of fused-ring (bicyclic) bond motifs is 3. The average molecular weight is 341 g/mol. The van der Waals surface area contributed by atoms with Crippen LogP contribution in [0.5, 0.6) is 6.01 Å². The lowest BCUT2D eigenvalue weighted by Gasteiger charge is -2.36. The van der Waals surface area contributed by atoms with E-state index in [0.717, 1.165) is 6.20 Å². The first-order valence-corrected chi connectivity index (χ1v) is 7.78. The van der Waals surface area contributed by atoms with Gasteiger partial charge < -0.3 is 19.9 Å². The van der Waals surface area contributed by atoms with Crippen LogP contribution in [0.2, 0.25) is 0 Å². The van der Waals surface area contributed by atoms with Crippen molar-refractivity contribution in [3.05, 3.63) is 22.4 Å². The molecule has 1 aliphatic heterocycles. The van der Waals surface area contributed by atoms with Crippen LogP contribution in [-0.4, -0.2) is 44.6 Å². The van der Waals surface area contributed by atoms with Crippen LogP contribution in [0, 0.1) is 5.82 Å². The topological polar surface area (TPSA) is 103 Å². The minimum atomic E-state index is -1.03. The standard InChI is InChI=1S/C15H20FN3O5/c1-15(2,3)24-14(22)17-8-4-5-9-11(10(8)20)23-13-18-12(21)7(16)6-19(9)13/h6,8-11,20H,4-5H2,1-3H3,(H,17,22)/t8-,9-,10-,11-/m1/s1. The van der Waals surface area contributed by atoms with Crippen molar-refractivity contribution in [2.45, 2.75) is 63.5 Å². The molecule has 2 aliphatic rings. The van der Waals surface area contributed by atoms with Gasteiger partial charge in [-0.15, -0.1) is 0 Å². The number of ether oxygens (including phenoxy) is 2. The van der Waals surface area contributed by atoms with E-state index in [1.807, 2.05) is 0 Å². The van der Waals surface area contributed by atoms with Crippen molar-refractivity contribution >= 4 is 6.09 Å². The van der Waals surface area contributed by atoms with Gasteiger partial charge in [-0.05, 0) is 33.6 Å². The summed E-state index contributed by atoms with van der Waals surface area (Å²) in [5.74, 6) is -0.966. The molecule has 0 aromatic carbocycles. The van der Waals surface area contributed by atoms with Crippen molar-refractivity contribution in [3.63, 3.8) is 0 Å². The number of hydrogen-bond acceptors (Lipinski definition) is 6. The van der Waals surface area contributed by atoms with E-state index in [1.165, 1.54) is 4.57 Å². The number of aromatic nitrogens is 2. The molecule has 0 unspecified atom stereocenters. The highest BCUT2D eigenvalue weighted by Gasteiger charge is 2.47. The van der Waals surface area contributed by atoms with E-state index in [1.54, 1.807) is 20.8 Å². The van der Waals surface area contributed by atoms with Gasteiger partial charge in [-0.2, -0.15) is 9.37 Å². The lowest BCUT2D eigenvalue weighted by atomic mass is 9.86. The van der Waals surface area contributed by atoms with Gasteiger partial charge in [-0.25, -0.2) is 4.79 Å². The molecule has 1 saturated carbocycles. The zero-order valence-corrected chi connectivity index (χ0v) is 13.7. The molecule has 0 radical (unpaired) electrons. The maximum atomic E-state index is 13.4. The number of nitrogens with zero attached hydrogens (tertiary/aromatic N) is 2. The molecule has 132 valence electrons. The number of rotatable bonds is 1. The van der Waals surface area contributed by atoms with Crippen LogP contribution in [0.25, 0.3) is 0 Å². The molecule has 1 aliphatic carbocycles. The van der Waals surface area contributed by atoms with Gasteiger partial charge in [0.25, 0.3) is 0 Å². The molecule has 0 bridgehead atoms. The smallest absolute Gasteiger partial charge is 0.407 e. The molecule has 1 aromatic heterocycles. The van der Waals surface area contributed by atoms with Crippen LogP contribution in [-0.2, 0) is 4.74 Å². The fourth-order valence-corrected chi connectivity index (χ4v) is 3.08. The number of alkyl carbamates (subject to hydrolysis) is 1. The van der Waals surface area contributed by atoms with E-state index in [-0.39, 0.29) is 12.1 Å². The zero-order valence-electron chi connectivity index (χ0n) is 13.7. The first kappa shape index (κ1) is 16.7. The first-order valence-electron chi connectivity index (χ1n) is 7.78. The summed E-state index contributed by atoms with van der Waals surface area (Å²) in [6.45, 7) is 5.23. The second-order valence-electron chi connectivity index (χ2n) is 7.05. The number of amides is 1. The minimum absolute atomic E-state index is 0.0200. The largest absolute Gasteiger partial charge is 0.456 e. The molecular formula is C15H20FN3O5. The molecule has 1 amide bonds. The summed E-state index contributed by atoms with van der Waals surface area (Å²) in [6, 6.07) is -0.921. The molecule has 1 fully saturated rings. The van der Waals surface area contributed by atoms with Gasteiger partial charge in [-0.3, -0.25) is 9.36 Å². The number of aliphatic hydroxyl groups is 1. The molecule has 1 aromatic rings. The van der Waals surface area contributed by atoms with Gasteiger partial charge in [0.1, 0.15) is 11.7 Å². The van der Waals surface area contributed by atoms with Crippen molar-refractivity contribution in [1.29, 1.82) is 0 Å². The lowest BCUT2D eigenvalue weighted by molar-refractivity contribution is -0.0236. The van der Waals surface area contributed by atoms with Gasteiger partial charge in [-0.1, -0.05) is 0 Å². The average Bonchev–Trinajstić information content (AvgIpc) is 2.79. The van der Waals surface area contributed by atoms with E-state index in [9.17, 15) is 19.1 Å². The number of carbonyl (C=O) groups excluding carboxylic acids is 1. The van der Waals surface area contributed by atoms with E-state index < -0.39 is 41.3 Å². The summed E-state index contributed by atoms with van der Waals surface area (Å²) in [5.41, 5.74) is -1.65. The molecule has 24 heavy (non-hydrogen) atoms. The summed E-state index contributed by atoms with van der Waals surface area (Å²) < 4.78 is 25.6. The van der Waals surface area contributed by atoms with Gasteiger partial charge in [0.2, 0.25) is 5.82 Å². The number of carbonyl (C=O) groups is 1. The Labute approximate surface area is 137 Å². The summed E-state index contributed by atoms with van der Waals surface area (Å²) in [7, 11) is 0. The monoisotopic (exact) mass is 341 g/mol. The third kappa shape index (κ3) is 3.08. The highest BCUT2D eigenvalue weighted by molar-refractivity contribution is 5.68. The van der Waals surface area contributed by atoms with Crippen LogP contribution in [0.4, 0.5) is 9.18 Å². The molecule has 9 heteroatoms. The zero-order chi connectivity index (χ0) is 17.6. The highest BCUT2D eigenvalue weighted by atomic mass is 19.1. The molecule has 0 saturated heterocycles. The number of hydrogen-bond donors (Lipinski definition) is 2. The second-order valence-corrected chi connectivity index (χ2v) is 7.05. The van der Waals surface area contributed by atoms with E-state index in [2.05, 4.69) is 10.3 Å². The van der Waals surface area contributed by atoms with Crippen molar-refractivity contribution in [1.82, 2.24) is 14.9 Å². The first-order chi connectivity index (χ1) is 11.2. The summed E-state index contributed by atoms with van der Waals surface area (Å²) in [4.78, 5) is 26.7. The van der Waals surface area contributed by atoms with Gasteiger partial charge in [0.15, 0.2) is 6.10 Å². The quantitative estimate of drug-likeness (QED) is 0.781. The van der Waals surface area contributed by atoms with E-state index in [4.69, 9.17) is 9.47 Å². The molecule has 4 atom stereocenters. The van der Waals surface area contributed by atoms with Crippen molar-refractivity contribution in [3.8, 4) is 6.01 Å². The fourth-order valence-electron chi connectivity index (χ4n) is 3.08. The number of aliphatic hydroxyl groups excluding tert-OH is 1. The summed E-state index contributed by atoms with van der Waals surface area (Å²) in [6.07, 6.45) is -0.344. The van der Waals surface area contributed by atoms with Gasteiger partial charge >= 0.3 is 17.7 Å². The highest BCUT2D eigenvalue weighted by Crippen LogP contribution is 2.38. The Hall–Kier alpha value is -2.16. The third-order valence-electron chi connectivity index (χ3n) is 4.08. The van der Waals surface area contributed by atoms with Crippen LogP contribution in [0.3, 0.4) is 0 Å². The van der Waals surface area contributed by atoms with E-state index >= 15 is 0 Å². The van der Waals surface area contributed by atoms with Crippen LogP contribution in [0.1, 0.15) is 39.7 Å². The van der Waals surface area contributed by atoms with Gasteiger partial charge in [0, 0.05) is 0 Å². The third-order valence-corrected chi connectivity index (χ3v) is 4.08. The van der Waals surface area contributed by atoms with Crippen LogP contribution in [0.15, 0.2) is 11.0 Å². The normalized spacial score (nSPS) is 28.5. The predicted molar refractivity (Wildman–Crippen MR) is 80.3 cm³/mol. The second kappa shape index (κ2) is 5.73. The predicted octanol–water partition coefficient (Wildman–Crippen LogP) is 0.732. The fraction of sp³-hybridized carbons (Fsp3) is 0.667. The Bertz CT molecular complexity index is 714. The summed E-state index contributed by atoms with van der Waals surface area (Å²) in [5, 5.41) is 13.1. The number of halogens is 1. The molecule has 2 N–H and O–H groups in total. The Morgan fingerprint density at radius 2 is 2.21 bits per heavy atom. The molecular weight excluding hydrogens is 321 g/mol. The molecule has 0 spiro atoms. The minimum Gasteiger partial charge on any atom is -0.456 e. The Morgan fingerprint density at radius 1 is 1.50 bits per heavy atom. The maximum Gasteiger partial charge on any atom is 0.407 e. The Morgan fingerprint density at radius 3 is 2.88 bits per heavy atom. The summed E-state index contributed by atoms with van der Waals surface area (Å²) >= 11 is 0. The van der Waals surface area contributed by atoms with Crippen molar-refractivity contribution < 1.29 is 23.8 Å². The molecule has 3 rings (SSSR count). The SMILES string of the molecule is CC(C)(C)OC(=O)N[C@@H]1CC[C@@H]2[C@@H](Oc3nc(=O)c(F)cn32)[C@@H]1O. The maximum absolute atomic E-state index is 13.4. The number of nitrogens with one attached hydrogen (secondary N) is 1. The Balaban J connectivity index is 1.72. The van der Waals surface area contributed by atoms with Crippen molar-refractivity contribution in [2.75, 3.05) is 0 Å². The van der Waals surface area contributed by atoms with Crippen LogP contribution < -0.4 is 15.6 Å². The van der Waals surface area contributed by atoms with Crippen molar-refractivity contribution in [2.24, 2.45) is 0 Å². The molecule has 2 heterocycles. The lowest BCUT2D eigenvalue weighted by Crippen LogP contribution is -2.55. The Kier molecular flexibility index (Phi) is 3.98. The van der Waals surface area contributed by atoms with E-state index in [0.29, 0.717) is 12.8 Å². The van der Waals surface area contributed by atoms with Gasteiger partial charge in [0.05, 0.1) is 18.3 Å².